The van der Waals surface area contributed by atoms with Gasteiger partial charge < -0.3 is 10.3 Å². The predicted molar refractivity (Wildman–Crippen MR) is 99.9 cm³/mol. The highest BCUT2D eigenvalue weighted by atomic mass is 16.1. The number of aryl methyl sites for hydroxylation is 1. The molecule has 6 nitrogen and oxygen atoms in total. The number of nitrogens with two attached hydrogens (primary N) is 1. The Morgan fingerprint density at radius 2 is 1.77 bits per heavy atom. The first-order valence-corrected chi connectivity index (χ1v) is 8.24. The second-order valence-corrected chi connectivity index (χ2v) is 6.15. The van der Waals surface area contributed by atoms with Crippen molar-refractivity contribution in [3.05, 3.63) is 88.5 Å². The number of aliphatic imine (C=N–C) groups is 1. The van der Waals surface area contributed by atoms with Gasteiger partial charge in [-0.1, -0.05) is 54.6 Å². The molecule has 2 aromatic carbocycles. The zero-order valence-corrected chi connectivity index (χ0v) is 14.2. The topological polar surface area (TPSA) is 97.1 Å². The van der Waals surface area contributed by atoms with Gasteiger partial charge in [0, 0.05) is 17.7 Å². The Morgan fingerprint density at radius 1 is 1.12 bits per heavy atom. The maximum atomic E-state index is 13.2. The van der Waals surface area contributed by atoms with E-state index in [0.29, 0.717) is 34.8 Å². The number of nitrogens with zero attached hydrogens (tertiary/aromatic N) is 3. The van der Waals surface area contributed by atoms with Crippen LogP contribution in [-0.2, 0) is 6.54 Å². The first-order valence-electron chi connectivity index (χ1n) is 8.24. The van der Waals surface area contributed by atoms with Crippen molar-refractivity contribution in [1.82, 2.24) is 9.55 Å². The summed E-state index contributed by atoms with van der Waals surface area (Å²) in [6, 6.07) is 17.1. The normalized spacial score (nSPS) is 14.2. The van der Waals surface area contributed by atoms with Gasteiger partial charge in [-0.05, 0) is 12.5 Å². The van der Waals surface area contributed by atoms with Crippen LogP contribution in [0, 0.1) is 12.3 Å². The van der Waals surface area contributed by atoms with Crippen LogP contribution in [0.1, 0.15) is 38.7 Å². The van der Waals surface area contributed by atoms with Gasteiger partial charge in [0.05, 0.1) is 0 Å². The van der Waals surface area contributed by atoms with Crippen molar-refractivity contribution in [2.24, 2.45) is 10.7 Å². The van der Waals surface area contributed by atoms with Gasteiger partial charge in [0.15, 0.2) is 0 Å². The molecule has 0 radical (unpaired) electrons. The Kier molecular flexibility index (Phi) is 3.73. The maximum Gasteiger partial charge on any atom is 0.213 e. The first kappa shape index (κ1) is 16.0. The van der Waals surface area contributed by atoms with Gasteiger partial charge in [0.1, 0.15) is 22.9 Å². The lowest BCUT2D eigenvalue weighted by Gasteiger charge is -2.18. The fourth-order valence-electron chi connectivity index (χ4n) is 3.30. The number of benzene rings is 2. The third-order valence-corrected chi connectivity index (χ3v) is 4.44. The summed E-state index contributed by atoms with van der Waals surface area (Å²) >= 11 is 0. The van der Waals surface area contributed by atoms with Crippen molar-refractivity contribution in [3.63, 3.8) is 0 Å². The molecule has 1 heterocycles. The minimum absolute atomic E-state index is 0.0883. The number of carbonyl (C=O) groups is 1. The number of imidazole rings is 1. The molecule has 0 saturated heterocycles. The number of ketones is 1. The molecule has 0 fully saturated rings. The summed E-state index contributed by atoms with van der Waals surface area (Å²) in [4.78, 5) is 21.9. The lowest BCUT2D eigenvalue weighted by Crippen LogP contribution is -2.25. The molecule has 0 amide bonds. The van der Waals surface area contributed by atoms with E-state index in [1.165, 1.54) is 0 Å². The van der Waals surface area contributed by atoms with Gasteiger partial charge in [-0.15, -0.1) is 0 Å². The summed E-state index contributed by atoms with van der Waals surface area (Å²) in [5.41, 5.74) is 9.24. The number of nitrogens with one attached hydrogen (secondary N) is 1. The van der Waals surface area contributed by atoms with Crippen LogP contribution in [0.5, 0.6) is 0 Å². The van der Waals surface area contributed by atoms with Crippen LogP contribution in [0.25, 0.3) is 0 Å². The lowest BCUT2D eigenvalue weighted by molar-refractivity contribution is 0.102. The molecular weight excluding hydrogens is 326 g/mol. The van der Waals surface area contributed by atoms with Crippen LogP contribution in [0.4, 0.5) is 0 Å². The highest BCUT2D eigenvalue weighted by molar-refractivity contribution is 6.30. The van der Waals surface area contributed by atoms with E-state index < -0.39 is 0 Å². The summed E-state index contributed by atoms with van der Waals surface area (Å²) in [6.45, 7) is 2.40. The van der Waals surface area contributed by atoms with Crippen LogP contribution in [0.3, 0.4) is 0 Å². The Bertz CT molecular complexity index is 1060. The molecular formula is C20H17N5O. The Labute approximate surface area is 150 Å². The molecule has 4 rings (SSSR count). The maximum absolute atomic E-state index is 13.2. The van der Waals surface area contributed by atoms with E-state index in [1.54, 1.807) is 6.07 Å². The Balaban J connectivity index is 1.94. The second kappa shape index (κ2) is 6.07. The molecule has 128 valence electrons. The van der Waals surface area contributed by atoms with Crippen molar-refractivity contribution in [2.75, 3.05) is 0 Å². The number of rotatable bonds is 2. The molecule has 1 aliphatic rings. The molecule has 0 spiro atoms. The molecule has 3 N–H and O–H groups in total. The monoisotopic (exact) mass is 343 g/mol. The molecule has 1 aliphatic carbocycles. The fourth-order valence-corrected chi connectivity index (χ4v) is 3.30. The van der Waals surface area contributed by atoms with Crippen molar-refractivity contribution < 1.29 is 4.79 Å². The molecule has 6 heteroatoms. The van der Waals surface area contributed by atoms with Gasteiger partial charge in [-0.3, -0.25) is 10.2 Å². The SMILES string of the molecule is Cc1nc2c(n1Cc1ccccc1)C(=O)c1ccccc1C2=NC(=N)N. The quantitative estimate of drug-likeness (QED) is 0.432. The van der Waals surface area contributed by atoms with Crippen molar-refractivity contribution >= 4 is 17.5 Å². The van der Waals surface area contributed by atoms with Crippen LogP contribution in [-0.4, -0.2) is 27.0 Å². The summed E-state index contributed by atoms with van der Waals surface area (Å²) in [6.07, 6.45) is 0. The lowest BCUT2D eigenvalue weighted by atomic mass is 9.89. The van der Waals surface area contributed by atoms with E-state index in [0.717, 1.165) is 11.4 Å². The summed E-state index contributed by atoms with van der Waals surface area (Å²) in [5.74, 6) is 0.316. The zero-order chi connectivity index (χ0) is 18.3. The minimum atomic E-state index is -0.314. The standard InChI is InChI=1S/C20H17N5O/c1-12-23-17-16(24-20(21)22)14-9-5-6-10-15(14)19(26)18(17)25(12)11-13-7-3-2-4-8-13/h2-10H,11H2,1H3,(H3,21,22). The van der Waals surface area contributed by atoms with Gasteiger partial charge >= 0.3 is 0 Å². The second-order valence-electron chi connectivity index (χ2n) is 6.15. The summed E-state index contributed by atoms with van der Waals surface area (Å²) in [5, 5.41) is 7.57. The van der Waals surface area contributed by atoms with Gasteiger partial charge in [-0.2, -0.15) is 0 Å². The van der Waals surface area contributed by atoms with Gasteiger partial charge in [0.25, 0.3) is 0 Å². The van der Waals surface area contributed by atoms with E-state index >= 15 is 0 Å². The molecule has 0 aliphatic heterocycles. The van der Waals surface area contributed by atoms with E-state index in [4.69, 9.17) is 11.1 Å². The number of carbonyl (C=O) groups excluding carboxylic acids is 1. The summed E-state index contributed by atoms with van der Waals surface area (Å²) in [7, 11) is 0. The molecule has 0 atom stereocenters. The third kappa shape index (κ3) is 2.52. The largest absolute Gasteiger partial charge is 0.368 e. The number of aromatic nitrogens is 2. The smallest absolute Gasteiger partial charge is 0.213 e. The fraction of sp³-hybridized carbons (Fsp3) is 0.100. The van der Waals surface area contributed by atoms with E-state index in [1.807, 2.05) is 60.0 Å². The molecule has 0 unspecified atom stereocenters. The molecule has 0 saturated carbocycles. The summed E-state index contributed by atoms with van der Waals surface area (Å²) < 4.78 is 1.90. The van der Waals surface area contributed by atoms with Gasteiger partial charge in [0.2, 0.25) is 11.7 Å². The molecule has 0 bridgehead atoms. The predicted octanol–water partition coefficient (Wildman–Crippen LogP) is 2.52. The van der Waals surface area contributed by atoms with Gasteiger partial charge in [-0.25, -0.2) is 9.98 Å². The Morgan fingerprint density at radius 3 is 2.46 bits per heavy atom. The first-order chi connectivity index (χ1) is 12.6. The van der Waals surface area contributed by atoms with Crippen LogP contribution < -0.4 is 5.73 Å². The number of hydrogen-bond donors (Lipinski definition) is 2. The van der Waals surface area contributed by atoms with E-state index in [-0.39, 0.29) is 11.7 Å². The molecule has 26 heavy (non-hydrogen) atoms. The highest BCUT2D eigenvalue weighted by Crippen LogP contribution is 2.29. The van der Waals surface area contributed by atoms with Crippen LogP contribution in [0.2, 0.25) is 0 Å². The molecule has 3 aromatic rings. The van der Waals surface area contributed by atoms with Crippen LogP contribution in [0.15, 0.2) is 59.6 Å². The van der Waals surface area contributed by atoms with Crippen molar-refractivity contribution in [3.8, 4) is 0 Å². The minimum Gasteiger partial charge on any atom is -0.368 e. The average molecular weight is 343 g/mol. The average Bonchev–Trinajstić information content (AvgIpc) is 2.96. The third-order valence-electron chi connectivity index (χ3n) is 4.44. The van der Waals surface area contributed by atoms with E-state index in [9.17, 15) is 4.79 Å². The van der Waals surface area contributed by atoms with E-state index in [2.05, 4.69) is 9.98 Å². The number of guanidine groups is 1. The molecule has 1 aromatic heterocycles. The van der Waals surface area contributed by atoms with Crippen molar-refractivity contribution in [1.29, 1.82) is 5.41 Å². The number of fused-ring (bicyclic) bond motifs is 2. The highest BCUT2D eigenvalue weighted by Gasteiger charge is 2.33. The Hall–Kier alpha value is -3.54. The van der Waals surface area contributed by atoms with Crippen LogP contribution >= 0.6 is 0 Å². The number of hydrogen-bond acceptors (Lipinski definition) is 3. The zero-order valence-electron chi connectivity index (χ0n) is 14.2. The van der Waals surface area contributed by atoms with Crippen molar-refractivity contribution in [2.45, 2.75) is 13.5 Å².